The topological polar surface area (TPSA) is 83.7 Å². The molecule has 0 fully saturated rings. The Kier molecular flexibility index (Phi) is 6.10. The number of nitrogens with zero attached hydrogens (tertiary/aromatic N) is 2. The summed E-state index contributed by atoms with van der Waals surface area (Å²) in [4.78, 5) is 12.3. The standard InChI is InChI=1S/C23H21N3O3/c1-15(18-6-7-20-13-22(28-3)11-8-19(20)12-18)25-26-23(27)16(2)29-21-9-4-17(14-24)5-10-21/h4-13,16H,1-3H3,(H,26,27)/b25-15+. The van der Waals surface area contributed by atoms with Crippen molar-refractivity contribution < 1.29 is 14.3 Å². The third-order valence-corrected chi connectivity index (χ3v) is 4.46. The van der Waals surface area contributed by atoms with Gasteiger partial charge in [0.25, 0.3) is 5.91 Å². The van der Waals surface area contributed by atoms with Crippen LogP contribution in [0.2, 0.25) is 0 Å². The van der Waals surface area contributed by atoms with E-state index in [1.165, 1.54) is 0 Å². The van der Waals surface area contributed by atoms with Gasteiger partial charge in [0.05, 0.1) is 24.5 Å². The minimum atomic E-state index is -0.733. The normalized spacial score (nSPS) is 12.1. The SMILES string of the molecule is COc1ccc2cc(/C(C)=N/NC(=O)C(C)Oc3ccc(C#N)cc3)ccc2c1. The summed E-state index contributed by atoms with van der Waals surface area (Å²) in [6.45, 7) is 3.47. The Morgan fingerprint density at radius 3 is 2.38 bits per heavy atom. The molecule has 0 aliphatic rings. The third-order valence-electron chi connectivity index (χ3n) is 4.46. The van der Waals surface area contributed by atoms with Crippen LogP contribution in [0.3, 0.4) is 0 Å². The molecule has 0 saturated carbocycles. The fraction of sp³-hybridized carbons (Fsp3) is 0.174. The van der Waals surface area contributed by atoms with Crippen LogP contribution in [0, 0.1) is 11.3 Å². The monoisotopic (exact) mass is 387 g/mol. The van der Waals surface area contributed by atoms with Crippen molar-refractivity contribution >= 4 is 22.4 Å². The molecule has 1 unspecified atom stereocenters. The number of fused-ring (bicyclic) bond motifs is 1. The number of hydrazone groups is 1. The summed E-state index contributed by atoms with van der Waals surface area (Å²) in [5.41, 5.74) is 4.66. The summed E-state index contributed by atoms with van der Waals surface area (Å²) in [6, 6.07) is 20.4. The van der Waals surface area contributed by atoms with Gasteiger partial charge in [-0.3, -0.25) is 4.79 Å². The first kappa shape index (κ1) is 19.9. The van der Waals surface area contributed by atoms with Gasteiger partial charge in [-0.1, -0.05) is 18.2 Å². The molecule has 6 nitrogen and oxygen atoms in total. The fourth-order valence-corrected chi connectivity index (χ4v) is 2.74. The van der Waals surface area contributed by atoms with Gasteiger partial charge in [-0.25, -0.2) is 5.43 Å². The predicted molar refractivity (Wildman–Crippen MR) is 112 cm³/mol. The van der Waals surface area contributed by atoms with Crippen molar-refractivity contribution in [2.45, 2.75) is 20.0 Å². The van der Waals surface area contributed by atoms with Crippen molar-refractivity contribution in [2.75, 3.05) is 7.11 Å². The van der Waals surface area contributed by atoms with Gasteiger partial charge in [0.2, 0.25) is 0 Å². The zero-order valence-electron chi connectivity index (χ0n) is 16.5. The Bertz CT molecular complexity index is 1100. The molecule has 146 valence electrons. The molecule has 0 saturated heterocycles. The maximum absolute atomic E-state index is 12.3. The Labute approximate surface area is 169 Å². The van der Waals surface area contributed by atoms with Crippen LogP contribution < -0.4 is 14.9 Å². The van der Waals surface area contributed by atoms with Crippen molar-refractivity contribution in [3.63, 3.8) is 0 Å². The van der Waals surface area contributed by atoms with E-state index in [4.69, 9.17) is 14.7 Å². The van der Waals surface area contributed by atoms with Crippen LogP contribution in [-0.2, 0) is 4.79 Å². The van der Waals surface area contributed by atoms with E-state index >= 15 is 0 Å². The van der Waals surface area contributed by atoms with Gasteiger partial charge in [0.1, 0.15) is 11.5 Å². The highest BCUT2D eigenvalue weighted by molar-refractivity contribution is 6.02. The highest BCUT2D eigenvalue weighted by Gasteiger charge is 2.14. The average Bonchev–Trinajstić information content (AvgIpc) is 2.76. The Morgan fingerprint density at radius 1 is 1.03 bits per heavy atom. The number of ether oxygens (including phenoxy) is 2. The molecule has 3 aromatic carbocycles. The highest BCUT2D eigenvalue weighted by atomic mass is 16.5. The molecule has 0 aromatic heterocycles. The Hall–Kier alpha value is -3.85. The summed E-state index contributed by atoms with van der Waals surface area (Å²) in [5.74, 6) is 0.954. The minimum absolute atomic E-state index is 0.362. The van der Waals surface area contributed by atoms with Crippen LogP contribution in [0.25, 0.3) is 10.8 Å². The Balaban J connectivity index is 1.65. The molecule has 0 radical (unpaired) electrons. The number of rotatable bonds is 6. The molecule has 3 rings (SSSR count). The van der Waals surface area contributed by atoms with Gasteiger partial charge in [-0.15, -0.1) is 0 Å². The van der Waals surface area contributed by atoms with Crippen LogP contribution >= 0.6 is 0 Å². The first-order chi connectivity index (χ1) is 14.0. The van der Waals surface area contributed by atoms with Crippen LogP contribution in [-0.4, -0.2) is 24.8 Å². The van der Waals surface area contributed by atoms with E-state index in [2.05, 4.69) is 10.5 Å². The van der Waals surface area contributed by atoms with E-state index in [1.807, 2.05) is 49.4 Å². The zero-order chi connectivity index (χ0) is 20.8. The van der Waals surface area contributed by atoms with E-state index in [9.17, 15) is 4.79 Å². The van der Waals surface area contributed by atoms with Crippen molar-refractivity contribution in [3.8, 4) is 17.6 Å². The molecule has 3 aromatic rings. The Morgan fingerprint density at radius 2 is 1.69 bits per heavy atom. The van der Waals surface area contributed by atoms with Crippen molar-refractivity contribution in [2.24, 2.45) is 5.10 Å². The third kappa shape index (κ3) is 4.90. The number of benzene rings is 3. The van der Waals surface area contributed by atoms with Crippen molar-refractivity contribution in [1.29, 1.82) is 5.26 Å². The molecular weight excluding hydrogens is 366 g/mol. The maximum Gasteiger partial charge on any atom is 0.280 e. The summed E-state index contributed by atoms with van der Waals surface area (Å²) in [5, 5.41) is 15.1. The second-order valence-corrected chi connectivity index (χ2v) is 6.50. The molecule has 0 heterocycles. The minimum Gasteiger partial charge on any atom is -0.497 e. The smallest absolute Gasteiger partial charge is 0.280 e. The quantitative estimate of drug-likeness (QED) is 0.511. The summed E-state index contributed by atoms with van der Waals surface area (Å²) < 4.78 is 10.8. The van der Waals surface area contributed by atoms with Crippen LogP contribution in [0.5, 0.6) is 11.5 Å². The number of hydrogen-bond acceptors (Lipinski definition) is 5. The molecular formula is C23H21N3O3. The zero-order valence-corrected chi connectivity index (χ0v) is 16.5. The molecule has 0 bridgehead atoms. The lowest BCUT2D eigenvalue weighted by Crippen LogP contribution is -2.33. The lowest BCUT2D eigenvalue weighted by atomic mass is 10.0. The predicted octanol–water partition coefficient (Wildman–Crippen LogP) is 4.03. The number of carbonyl (C=O) groups is 1. The maximum atomic E-state index is 12.3. The first-order valence-electron chi connectivity index (χ1n) is 9.09. The lowest BCUT2D eigenvalue weighted by molar-refractivity contribution is -0.127. The molecule has 0 aliphatic heterocycles. The van der Waals surface area contributed by atoms with E-state index in [0.29, 0.717) is 17.0 Å². The van der Waals surface area contributed by atoms with E-state index < -0.39 is 6.10 Å². The molecule has 0 spiro atoms. The first-order valence-corrected chi connectivity index (χ1v) is 9.09. The molecule has 0 aliphatic carbocycles. The van der Waals surface area contributed by atoms with Crippen molar-refractivity contribution in [3.05, 3.63) is 71.8 Å². The number of hydrogen-bond donors (Lipinski definition) is 1. The van der Waals surface area contributed by atoms with Crippen molar-refractivity contribution in [1.82, 2.24) is 5.43 Å². The van der Waals surface area contributed by atoms with Crippen LogP contribution in [0.15, 0.2) is 65.8 Å². The van der Waals surface area contributed by atoms with E-state index in [0.717, 1.165) is 22.1 Å². The second-order valence-electron chi connectivity index (χ2n) is 6.50. The summed E-state index contributed by atoms with van der Waals surface area (Å²) >= 11 is 0. The number of methoxy groups -OCH3 is 1. The molecule has 6 heteroatoms. The summed E-state index contributed by atoms with van der Waals surface area (Å²) in [7, 11) is 1.64. The lowest BCUT2D eigenvalue weighted by Gasteiger charge is -2.13. The molecule has 1 atom stereocenters. The van der Waals surface area contributed by atoms with Gasteiger partial charge in [0, 0.05) is 0 Å². The van der Waals surface area contributed by atoms with Gasteiger partial charge in [-0.2, -0.15) is 10.4 Å². The molecule has 29 heavy (non-hydrogen) atoms. The molecule has 1 N–H and O–H groups in total. The number of nitriles is 1. The van der Waals surface area contributed by atoms with Gasteiger partial charge in [-0.05, 0) is 72.6 Å². The van der Waals surface area contributed by atoms with Gasteiger partial charge in [0.15, 0.2) is 6.10 Å². The van der Waals surface area contributed by atoms with E-state index in [1.54, 1.807) is 38.3 Å². The highest BCUT2D eigenvalue weighted by Crippen LogP contribution is 2.22. The summed E-state index contributed by atoms with van der Waals surface area (Å²) in [6.07, 6.45) is -0.733. The van der Waals surface area contributed by atoms with Crippen LogP contribution in [0.1, 0.15) is 25.0 Å². The number of carbonyl (C=O) groups excluding carboxylic acids is 1. The van der Waals surface area contributed by atoms with Gasteiger partial charge >= 0.3 is 0 Å². The van der Waals surface area contributed by atoms with Gasteiger partial charge < -0.3 is 9.47 Å². The average molecular weight is 387 g/mol. The number of amides is 1. The largest absolute Gasteiger partial charge is 0.497 e. The molecule has 1 amide bonds. The number of nitrogens with one attached hydrogen (secondary N) is 1. The second kappa shape index (κ2) is 8.89. The fourth-order valence-electron chi connectivity index (χ4n) is 2.74. The van der Waals surface area contributed by atoms with Crippen LogP contribution in [0.4, 0.5) is 0 Å². The van der Waals surface area contributed by atoms with E-state index in [-0.39, 0.29) is 5.91 Å².